The lowest BCUT2D eigenvalue weighted by Gasteiger charge is -2.28. The molecule has 840 valence electrons. The summed E-state index contributed by atoms with van der Waals surface area (Å²) in [7, 11) is 0. The molecule has 6 N–H and O–H groups in total. The first-order valence-electron chi connectivity index (χ1n) is 62.2. The van der Waals surface area contributed by atoms with Gasteiger partial charge in [-0.2, -0.15) is 0 Å². The third-order valence-electron chi connectivity index (χ3n) is 31.1. The molecule has 0 amide bonds. The first-order chi connectivity index (χ1) is 70.2. The third kappa shape index (κ3) is 77.3. The Morgan fingerprint density at radius 1 is 0.257 bits per heavy atom. The summed E-state index contributed by atoms with van der Waals surface area (Å²) in [6, 6.07) is 0. The van der Waals surface area contributed by atoms with E-state index >= 15 is 0 Å². The van der Waals surface area contributed by atoms with Crippen LogP contribution >= 0.6 is 0 Å². The van der Waals surface area contributed by atoms with Crippen LogP contribution in [0.5, 0.6) is 0 Å². The fraction of sp³-hybridized carbons (Fsp3) is 0.864. The number of nitrogens with one attached hydrogen (secondary N) is 6. The van der Waals surface area contributed by atoms with Crippen LogP contribution in [0.15, 0.2) is 86.4 Å². The van der Waals surface area contributed by atoms with E-state index in [2.05, 4.69) is 132 Å². The predicted molar refractivity (Wildman–Crippen MR) is 614 cm³/mol. The van der Waals surface area contributed by atoms with Crippen LogP contribution in [0, 0.1) is 0 Å². The second-order valence-electron chi connectivity index (χ2n) is 44.5. The molecular formula is C125H233N7O12. The Hall–Kier alpha value is -6.01. The fourth-order valence-electron chi connectivity index (χ4n) is 20.4. The minimum absolute atomic E-state index is 0.00304. The van der Waals surface area contributed by atoms with E-state index in [4.69, 9.17) is 26.6 Å². The summed E-state index contributed by atoms with van der Waals surface area (Å²) in [6.45, 7) is 31.0. The Labute approximate surface area is 881 Å². The van der Waals surface area contributed by atoms with Crippen molar-refractivity contribution in [3.05, 3.63) is 129 Å². The van der Waals surface area contributed by atoms with Crippen LogP contribution in [-0.4, -0.2) is 35.1 Å². The molecule has 6 rings (SSSR count). The standard InChI is InChI=1S/C22H42N2O2.C22H41NO2.2C21H39NO2.C20H37NO2.C19H35NO2/c1-4-7-8-9-10-11-12-13-14-15-16-17-18-19-22(5-2,6-3)20-23-21(25)26-24-20;1-4-6-7-8-9-10-11-12-13-14-15-16-17-18-22(3,5-2)20-19-23-21(24)25-20;1-4-5-6-7-8-9-10-11-12-13-14-15-16-17-21(2,3)19-18-22-20(23)24-19;1-3-5-6-7-8-9-10-11-12-13-14-15-16-17-19(4-2)20-18-22-21(23)24-20;1-3-4-5-6-7-8-9-10-11-12-13-14-15-16-18(2)19-17-21-20(22)23-19;1-2-3-4-5-6-7-8-9-10-11-12-13-14-15-16-18-17-20-19(21)22-18/h4-19H2,1-3H3,(H,23,24,25);19H,4-18H2,1-3H3,(H,23,24);18H,4-17H2,1-3H3,(H,22,23);18-19H,3-17H2,1-2H3,(H,22,23);17-18H,3-16H2,1-2H3,(H,21,22);17H,2-16H2,1H3,(H,20,21). The monoisotopic (exact) mass is 2020 g/mol. The minimum Gasteiger partial charge on any atom is -0.413 e. The van der Waals surface area contributed by atoms with Crippen LogP contribution in [0.3, 0.4) is 0 Å². The van der Waals surface area contributed by atoms with Crippen molar-refractivity contribution in [2.24, 2.45) is 0 Å². The second kappa shape index (κ2) is 97.7. The number of aromatic nitrogens is 7. The van der Waals surface area contributed by atoms with Crippen molar-refractivity contribution < 1.29 is 26.6 Å². The zero-order chi connectivity index (χ0) is 105. The molecule has 19 heteroatoms. The van der Waals surface area contributed by atoms with Gasteiger partial charge in [0.1, 0.15) is 28.8 Å². The third-order valence-corrected chi connectivity index (χ3v) is 31.1. The van der Waals surface area contributed by atoms with Crippen LogP contribution < -0.4 is 34.5 Å². The normalized spacial score (nSPS) is 12.4. The summed E-state index contributed by atoms with van der Waals surface area (Å²) >= 11 is 0. The van der Waals surface area contributed by atoms with Gasteiger partial charge in [-0.3, -0.25) is 34.4 Å². The van der Waals surface area contributed by atoms with E-state index in [1.165, 1.54) is 501 Å². The van der Waals surface area contributed by atoms with Crippen molar-refractivity contribution in [3.8, 4) is 0 Å². The van der Waals surface area contributed by atoms with Crippen LogP contribution in [0.25, 0.3) is 0 Å². The van der Waals surface area contributed by atoms with Gasteiger partial charge in [0.25, 0.3) is 0 Å². The van der Waals surface area contributed by atoms with E-state index < -0.39 is 5.76 Å². The number of unbranched alkanes of at least 4 members (excludes halogenated alkanes) is 73. The number of rotatable bonds is 94. The molecule has 0 fully saturated rings. The molecule has 3 atom stereocenters. The highest BCUT2D eigenvalue weighted by atomic mass is 16.5. The van der Waals surface area contributed by atoms with E-state index in [1.807, 2.05) is 0 Å². The van der Waals surface area contributed by atoms with Gasteiger partial charge in [-0.1, -0.05) is 603 Å². The molecule has 3 unspecified atom stereocenters. The average Bonchev–Trinajstić information content (AvgIpc) is 1.72. The van der Waals surface area contributed by atoms with Crippen LogP contribution in [0.2, 0.25) is 0 Å². The van der Waals surface area contributed by atoms with E-state index in [1.54, 1.807) is 31.0 Å². The molecule has 6 aromatic rings. The molecule has 0 radical (unpaired) electrons. The topological polar surface area (TPSA) is 289 Å². The maximum atomic E-state index is 11.3. The van der Waals surface area contributed by atoms with Gasteiger partial charge in [-0.15, -0.1) is 0 Å². The lowest BCUT2D eigenvalue weighted by atomic mass is 9.77. The van der Waals surface area contributed by atoms with Gasteiger partial charge in [0.15, 0.2) is 5.82 Å². The van der Waals surface area contributed by atoms with Gasteiger partial charge in [-0.25, -0.2) is 28.8 Å². The first kappa shape index (κ1) is 136. The minimum atomic E-state index is -0.434. The molecule has 0 aliphatic rings. The summed E-state index contributed by atoms with van der Waals surface area (Å²) < 4.78 is 30.5. The second-order valence-corrected chi connectivity index (χ2v) is 44.5. The Bertz CT molecular complexity index is 3970. The van der Waals surface area contributed by atoms with Gasteiger partial charge in [-0.05, 0) is 64.2 Å². The molecule has 0 aliphatic carbocycles. The lowest BCUT2D eigenvalue weighted by molar-refractivity contribution is 0.305. The quantitative estimate of drug-likeness (QED) is 0.0194. The van der Waals surface area contributed by atoms with Crippen molar-refractivity contribution in [2.45, 2.75) is 696 Å². The Morgan fingerprint density at radius 3 is 0.792 bits per heavy atom. The zero-order valence-corrected chi connectivity index (χ0v) is 96.8. The molecule has 6 heterocycles. The maximum absolute atomic E-state index is 11.3. The van der Waals surface area contributed by atoms with Crippen molar-refractivity contribution in [2.75, 3.05) is 0 Å². The van der Waals surface area contributed by atoms with Crippen LogP contribution in [-0.2, 0) is 22.7 Å². The molecule has 19 nitrogen and oxygen atoms in total. The number of oxazole rings is 5. The predicted octanol–water partition coefficient (Wildman–Crippen LogP) is 40.2. The number of hydrogen-bond donors (Lipinski definition) is 6. The van der Waals surface area contributed by atoms with Crippen molar-refractivity contribution >= 4 is 0 Å². The molecule has 0 aliphatic heterocycles. The van der Waals surface area contributed by atoms with Gasteiger partial charge < -0.3 is 22.1 Å². The molecule has 0 saturated carbocycles. The van der Waals surface area contributed by atoms with Crippen LogP contribution in [0.4, 0.5) is 0 Å². The van der Waals surface area contributed by atoms with E-state index in [0.717, 1.165) is 105 Å². The molecule has 6 aromatic heterocycles. The average molecular weight is 2030 g/mol. The molecule has 144 heavy (non-hydrogen) atoms. The highest BCUT2D eigenvalue weighted by Gasteiger charge is 2.33. The largest absolute Gasteiger partial charge is 0.438 e. The molecule has 0 spiro atoms. The van der Waals surface area contributed by atoms with Gasteiger partial charge >= 0.3 is 34.5 Å². The Kier molecular flexibility index (Phi) is 92.3. The van der Waals surface area contributed by atoms with Gasteiger partial charge in [0, 0.05) is 65.5 Å². The highest BCUT2D eigenvalue weighted by Crippen LogP contribution is 2.37. The number of H-pyrrole nitrogens is 6. The number of aryl methyl sites for hydroxylation is 1. The summed E-state index contributed by atoms with van der Waals surface area (Å²) in [5, 5.41) is 3.97. The maximum Gasteiger partial charge on any atom is 0.438 e. The van der Waals surface area contributed by atoms with Gasteiger partial charge in [0.05, 0.1) is 0 Å². The first-order valence-corrected chi connectivity index (χ1v) is 62.2. The summed E-state index contributed by atoms with van der Waals surface area (Å²) in [4.78, 5) is 82.2. The molecule has 0 saturated heterocycles. The molecular weight excluding hydrogens is 1790 g/mol. The van der Waals surface area contributed by atoms with Crippen molar-refractivity contribution in [3.63, 3.8) is 0 Å². The van der Waals surface area contributed by atoms with Crippen LogP contribution in [0.1, 0.15) is 708 Å². The van der Waals surface area contributed by atoms with E-state index in [9.17, 15) is 28.8 Å². The molecule has 0 aromatic carbocycles. The smallest absolute Gasteiger partial charge is 0.413 e. The number of aromatic amines is 6. The van der Waals surface area contributed by atoms with Crippen molar-refractivity contribution in [1.82, 2.24) is 35.1 Å². The highest BCUT2D eigenvalue weighted by molar-refractivity contribution is 5.09. The van der Waals surface area contributed by atoms with Crippen molar-refractivity contribution in [1.29, 1.82) is 0 Å². The summed E-state index contributed by atoms with van der Waals surface area (Å²) in [6.07, 6.45) is 128. The summed E-state index contributed by atoms with van der Waals surface area (Å²) in [5.41, 5.74) is -0.0716. The Morgan fingerprint density at radius 2 is 0.521 bits per heavy atom. The number of nitrogens with zero attached hydrogens (tertiary/aromatic N) is 1. The molecule has 0 bridgehead atoms. The lowest BCUT2D eigenvalue weighted by Crippen LogP contribution is -2.26. The Balaban J connectivity index is 0.000000865. The van der Waals surface area contributed by atoms with E-state index in [-0.39, 0.29) is 45.0 Å². The SMILES string of the molecule is CCCCCCCCCCCCCCCC(C)(C)c1c[nH]c(=O)o1.CCCCCCCCCCCCCCCC(C)(CC)c1c[nH]c(=O)o1.CCCCCCCCCCCCCCCC(C)c1c[nH]c(=O)o1.CCCCCCCCCCCCCCCC(CC)(CC)c1noc(=O)[nH]1.CCCCCCCCCCCCCCCC(CC)c1c[nH]c(=O)o1.CCCCCCCCCCCCCCCCc1c[nH]c(=O)o1. The summed E-state index contributed by atoms with van der Waals surface area (Å²) in [5.74, 6) is 3.42. The zero-order valence-electron chi connectivity index (χ0n) is 96.8. The van der Waals surface area contributed by atoms with Gasteiger partial charge in [0.2, 0.25) is 0 Å². The fourth-order valence-corrected chi connectivity index (χ4v) is 20.4. The number of hydrogen-bond acceptors (Lipinski definition) is 13. The van der Waals surface area contributed by atoms with E-state index in [0.29, 0.717) is 11.8 Å².